The van der Waals surface area contributed by atoms with E-state index >= 15 is 0 Å². The van der Waals surface area contributed by atoms with Crippen molar-refractivity contribution < 1.29 is 4.79 Å². The van der Waals surface area contributed by atoms with Crippen molar-refractivity contribution in [3.8, 4) is 5.69 Å². The lowest BCUT2D eigenvalue weighted by molar-refractivity contribution is 0.0766. The first-order valence-corrected chi connectivity index (χ1v) is 6.85. The Labute approximate surface area is 122 Å². The molecule has 6 heteroatoms. The number of rotatable bonds is 4. The summed E-state index contributed by atoms with van der Waals surface area (Å²) in [7, 11) is 0. The molecule has 0 atom stereocenters. The lowest BCUT2D eigenvalue weighted by atomic mass is 10.3. The van der Waals surface area contributed by atoms with Crippen LogP contribution in [-0.2, 0) is 0 Å². The third-order valence-electron chi connectivity index (χ3n) is 3.08. The monoisotopic (exact) mass is 292 g/mol. The van der Waals surface area contributed by atoms with E-state index in [4.69, 9.17) is 17.3 Å². The zero-order valence-corrected chi connectivity index (χ0v) is 12.3. The molecule has 1 heterocycles. The molecule has 2 aromatic rings. The summed E-state index contributed by atoms with van der Waals surface area (Å²) < 4.78 is 1.53. The van der Waals surface area contributed by atoms with Crippen molar-refractivity contribution in [2.24, 2.45) is 0 Å². The number of carbonyl (C=O) groups is 1. The van der Waals surface area contributed by atoms with E-state index in [2.05, 4.69) is 5.10 Å². The van der Waals surface area contributed by atoms with Gasteiger partial charge in [-0.2, -0.15) is 5.10 Å². The minimum absolute atomic E-state index is 0.116. The van der Waals surface area contributed by atoms with E-state index in [1.807, 2.05) is 13.8 Å². The second-order valence-electron chi connectivity index (χ2n) is 4.32. The molecule has 1 aromatic carbocycles. The van der Waals surface area contributed by atoms with Gasteiger partial charge in [0.25, 0.3) is 5.91 Å². The van der Waals surface area contributed by atoms with Gasteiger partial charge in [-0.25, -0.2) is 4.68 Å². The number of benzene rings is 1. The third kappa shape index (κ3) is 2.77. The number of hydrogen-bond donors (Lipinski definition) is 1. The summed E-state index contributed by atoms with van der Waals surface area (Å²) in [5, 5.41) is 4.92. The maximum Gasteiger partial charge on any atom is 0.274 e. The van der Waals surface area contributed by atoms with Crippen LogP contribution in [0.4, 0.5) is 5.82 Å². The molecule has 0 spiro atoms. The molecule has 0 fully saturated rings. The molecule has 0 unspecified atom stereocenters. The van der Waals surface area contributed by atoms with E-state index in [1.165, 1.54) is 4.68 Å². The van der Waals surface area contributed by atoms with Crippen LogP contribution < -0.4 is 5.73 Å². The van der Waals surface area contributed by atoms with Gasteiger partial charge in [0.05, 0.1) is 5.69 Å². The van der Waals surface area contributed by atoms with E-state index in [1.54, 1.807) is 35.2 Å². The molecule has 0 saturated heterocycles. The topological polar surface area (TPSA) is 64.2 Å². The van der Waals surface area contributed by atoms with Crippen molar-refractivity contribution in [2.45, 2.75) is 13.8 Å². The Hall–Kier alpha value is -2.01. The highest BCUT2D eigenvalue weighted by Gasteiger charge is 2.18. The first-order chi connectivity index (χ1) is 9.56. The summed E-state index contributed by atoms with van der Waals surface area (Å²) in [6.07, 6.45) is 0. The fourth-order valence-corrected chi connectivity index (χ4v) is 2.09. The standard InChI is InChI=1S/C14H17ClN4O/c1-3-18(4-2)14(20)12-9-13(16)19(17-12)11-7-5-10(15)6-8-11/h5-9H,3-4,16H2,1-2H3. The molecular formula is C14H17ClN4O. The van der Waals surface area contributed by atoms with Crippen molar-refractivity contribution in [1.82, 2.24) is 14.7 Å². The second-order valence-corrected chi connectivity index (χ2v) is 4.76. The SMILES string of the molecule is CCN(CC)C(=O)c1cc(N)n(-c2ccc(Cl)cc2)n1. The summed E-state index contributed by atoms with van der Waals surface area (Å²) in [4.78, 5) is 13.9. The highest BCUT2D eigenvalue weighted by molar-refractivity contribution is 6.30. The third-order valence-corrected chi connectivity index (χ3v) is 3.33. The van der Waals surface area contributed by atoms with Crippen LogP contribution in [0.2, 0.25) is 5.02 Å². The number of nitrogens with two attached hydrogens (primary N) is 1. The van der Waals surface area contributed by atoms with Gasteiger partial charge in [-0.15, -0.1) is 0 Å². The fourth-order valence-electron chi connectivity index (χ4n) is 1.96. The molecule has 2 N–H and O–H groups in total. The molecule has 106 valence electrons. The number of nitrogen functional groups attached to an aromatic ring is 1. The van der Waals surface area contributed by atoms with Gasteiger partial charge >= 0.3 is 0 Å². The van der Waals surface area contributed by atoms with Gasteiger partial charge < -0.3 is 10.6 Å². The molecule has 0 aliphatic rings. The summed E-state index contributed by atoms with van der Waals surface area (Å²) in [6, 6.07) is 8.71. The van der Waals surface area contributed by atoms with Crippen LogP contribution >= 0.6 is 11.6 Å². The number of halogens is 1. The van der Waals surface area contributed by atoms with E-state index in [0.29, 0.717) is 29.6 Å². The minimum atomic E-state index is -0.116. The van der Waals surface area contributed by atoms with Crippen LogP contribution in [0.1, 0.15) is 24.3 Å². The zero-order chi connectivity index (χ0) is 14.7. The number of amides is 1. The van der Waals surface area contributed by atoms with Gasteiger partial charge in [0.2, 0.25) is 0 Å². The van der Waals surface area contributed by atoms with Gasteiger partial charge in [-0.05, 0) is 38.1 Å². The molecule has 0 aliphatic heterocycles. The van der Waals surface area contributed by atoms with E-state index in [9.17, 15) is 4.79 Å². The number of aromatic nitrogens is 2. The molecule has 1 amide bonds. The molecule has 5 nitrogen and oxygen atoms in total. The van der Waals surface area contributed by atoms with Crippen LogP contribution in [0.15, 0.2) is 30.3 Å². The molecule has 1 aromatic heterocycles. The Balaban J connectivity index is 2.34. The van der Waals surface area contributed by atoms with Crippen molar-refractivity contribution >= 4 is 23.3 Å². The molecule has 0 bridgehead atoms. The average molecular weight is 293 g/mol. The Morgan fingerprint density at radius 3 is 2.45 bits per heavy atom. The highest BCUT2D eigenvalue weighted by Crippen LogP contribution is 2.18. The number of carbonyl (C=O) groups excluding carboxylic acids is 1. The Morgan fingerprint density at radius 2 is 1.90 bits per heavy atom. The molecule has 0 aliphatic carbocycles. The maximum atomic E-state index is 12.2. The summed E-state index contributed by atoms with van der Waals surface area (Å²) >= 11 is 5.85. The quantitative estimate of drug-likeness (QED) is 0.942. The summed E-state index contributed by atoms with van der Waals surface area (Å²) in [5.41, 5.74) is 7.05. The smallest absolute Gasteiger partial charge is 0.274 e. The fraction of sp³-hybridized carbons (Fsp3) is 0.286. The molecule has 2 rings (SSSR count). The number of hydrogen-bond acceptors (Lipinski definition) is 3. The second kappa shape index (κ2) is 5.96. The Morgan fingerprint density at radius 1 is 1.30 bits per heavy atom. The average Bonchev–Trinajstić information content (AvgIpc) is 2.83. The summed E-state index contributed by atoms with van der Waals surface area (Å²) in [5.74, 6) is 0.303. The zero-order valence-electron chi connectivity index (χ0n) is 11.5. The first-order valence-electron chi connectivity index (χ1n) is 6.47. The van der Waals surface area contributed by atoms with Crippen LogP contribution in [-0.4, -0.2) is 33.7 Å². The predicted octanol–water partition coefficient (Wildman–Crippen LogP) is 2.59. The first kappa shape index (κ1) is 14.4. The lowest BCUT2D eigenvalue weighted by Gasteiger charge is -2.16. The van der Waals surface area contributed by atoms with Crippen molar-refractivity contribution in [3.63, 3.8) is 0 Å². The van der Waals surface area contributed by atoms with Gasteiger partial charge in [0.15, 0.2) is 5.69 Å². The summed E-state index contributed by atoms with van der Waals surface area (Å²) in [6.45, 7) is 5.15. The van der Waals surface area contributed by atoms with Crippen LogP contribution in [0.25, 0.3) is 5.69 Å². The van der Waals surface area contributed by atoms with Gasteiger partial charge in [0, 0.05) is 24.2 Å². The van der Waals surface area contributed by atoms with Crippen LogP contribution in [0.5, 0.6) is 0 Å². The molecule has 20 heavy (non-hydrogen) atoms. The molecular weight excluding hydrogens is 276 g/mol. The van der Waals surface area contributed by atoms with E-state index in [0.717, 1.165) is 5.69 Å². The maximum absolute atomic E-state index is 12.2. The van der Waals surface area contributed by atoms with Crippen molar-refractivity contribution in [3.05, 3.63) is 41.0 Å². The lowest BCUT2D eigenvalue weighted by Crippen LogP contribution is -2.30. The van der Waals surface area contributed by atoms with Gasteiger partial charge in [-0.3, -0.25) is 4.79 Å². The van der Waals surface area contributed by atoms with Gasteiger partial charge in [0.1, 0.15) is 5.82 Å². The van der Waals surface area contributed by atoms with Crippen LogP contribution in [0, 0.1) is 0 Å². The Kier molecular flexibility index (Phi) is 4.29. The number of anilines is 1. The molecule has 0 saturated carbocycles. The largest absolute Gasteiger partial charge is 0.384 e. The van der Waals surface area contributed by atoms with Crippen molar-refractivity contribution in [2.75, 3.05) is 18.8 Å². The normalized spacial score (nSPS) is 10.6. The number of nitrogens with zero attached hydrogens (tertiary/aromatic N) is 3. The predicted molar refractivity (Wildman–Crippen MR) is 80.2 cm³/mol. The highest BCUT2D eigenvalue weighted by atomic mass is 35.5. The van der Waals surface area contributed by atoms with Crippen LogP contribution in [0.3, 0.4) is 0 Å². The minimum Gasteiger partial charge on any atom is -0.384 e. The molecule has 0 radical (unpaired) electrons. The van der Waals surface area contributed by atoms with E-state index in [-0.39, 0.29) is 5.91 Å². The van der Waals surface area contributed by atoms with Gasteiger partial charge in [-0.1, -0.05) is 11.6 Å². The van der Waals surface area contributed by atoms with Crippen molar-refractivity contribution in [1.29, 1.82) is 0 Å². The van der Waals surface area contributed by atoms with E-state index < -0.39 is 0 Å². The Bertz CT molecular complexity index is 602.